The summed E-state index contributed by atoms with van der Waals surface area (Å²) >= 11 is 3.32. The number of halogens is 1. The minimum Gasteiger partial charge on any atom is -0.507 e. The van der Waals surface area contributed by atoms with E-state index in [-0.39, 0.29) is 5.75 Å². The van der Waals surface area contributed by atoms with Crippen LogP contribution in [0.4, 0.5) is 0 Å². The van der Waals surface area contributed by atoms with E-state index in [4.69, 9.17) is 0 Å². The molecule has 0 atom stereocenters. The van der Waals surface area contributed by atoms with Crippen molar-refractivity contribution in [1.82, 2.24) is 0 Å². The van der Waals surface area contributed by atoms with Crippen LogP contribution in [0.1, 0.15) is 22.3 Å². The number of hydrogen-bond acceptors (Lipinski definition) is 2. The monoisotopic (exact) mass is 254 g/mol. The van der Waals surface area contributed by atoms with Crippen molar-refractivity contribution in [2.45, 2.75) is 6.42 Å². The highest BCUT2D eigenvalue weighted by atomic mass is 79.9. The van der Waals surface area contributed by atoms with E-state index in [1.807, 2.05) is 12.2 Å². The molecule has 1 rings (SSSR count). The van der Waals surface area contributed by atoms with Crippen LogP contribution in [0.2, 0.25) is 0 Å². The van der Waals surface area contributed by atoms with Gasteiger partial charge in [0.05, 0.1) is 5.56 Å². The second-order valence-electron chi connectivity index (χ2n) is 2.82. The van der Waals surface area contributed by atoms with Crippen LogP contribution in [-0.4, -0.2) is 16.7 Å². The van der Waals surface area contributed by atoms with Crippen LogP contribution < -0.4 is 0 Å². The van der Waals surface area contributed by atoms with Gasteiger partial charge in [0.2, 0.25) is 0 Å². The van der Waals surface area contributed by atoms with Crippen LogP contribution in [0.3, 0.4) is 0 Å². The third-order valence-electron chi connectivity index (χ3n) is 1.76. The summed E-state index contributed by atoms with van der Waals surface area (Å²) in [6.07, 6.45) is 5.53. The average molecular weight is 255 g/mol. The lowest BCUT2D eigenvalue weighted by Crippen LogP contribution is -1.82. The van der Waals surface area contributed by atoms with E-state index in [2.05, 4.69) is 15.9 Å². The fourth-order valence-corrected chi connectivity index (χ4v) is 1.32. The first-order valence-corrected chi connectivity index (χ1v) is 5.41. The Balaban J connectivity index is 2.84. The van der Waals surface area contributed by atoms with Gasteiger partial charge in [0.15, 0.2) is 6.29 Å². The molecule has 0 unspecified atom stereocenters. The highest BCUT2D eigenvalue weighted by Gasteiger charge is 1.98. The van der Waals surface area contributed by atoms with E-state index in [0.717, 1.165) is 17.3 Å². The lowest BCUT2D eigenvalue weighted by Gasteiger charge is -1.98. The molecule has 14 heavy (non-hydrogen) atoms. The third-order valence-corrected chi connectivity index (χ3v) is 2.22. The summed E-state index contributed by atoms with van der Waals surface area (Å²) in [6, 6.07) is 4.96. The van der Waals surface area contributed by atoms with Crippen molar-refractivity contribution in [2.24, 2.45) is 0 Å². The molecule has 0 aliphatic heterocycles. The van der Waals surface area contributed by atoms with E-state index in [1.54, 1.807) is 12.1 Å². The number of aromatic hydroxyl groups is 1. The zero-order chi connectivity index (χ0) is 10.4. The Morgan fingerprint density at radius 1 is 1.43 bits per heavy atom. The number of alkyl halides is 1. The van der Waals surface area contributed by atoms with Crippen LogP contribution in [0.25, 0.3) is 6.08 Å². The largest absolute Gasteiger partial charge is 0.507 e. The molecule has 0 saturated heterocycles. The molecular formula is C11H11BrO2. The second kappa shape index (κ2) is 5.60. The summed E-state index contributed by atoms with van der Waals surface area (Å²) in [5.74, 6) is 0.0256. The Hall–Kier alpha value is -1.09. The molecule has 0 amide bonds. The van der Waals surface area contributed by atoms with Crippen LogP contribution in [0.5, 0.6) is 5.75 Å². The lowest BCUT2D eigenvalue weighted by atomic mass is 10.1. The number of benzene rings is 1. The van der Waals surface area contributed by atoms with Gasteiger partial charge in [0.1, 0.15) is 5.75 Å². The summed E-state index contributed by atoms with van der Waals surface area (Å²) in [6.45, 7) is 0. The van der Waals surface area contributed by atoms with E-state index < -0.39 is 0 Å². The third kappa shape index (κ3) is 3.00. The van der Waals surface area contributed by atoms with E-state index >= 15 is 0 Å². The van der Waals surface area contributed by atoms with Crippen LogP contribution in [0, 0.1) is 0 Å². The predicted octanol–water partition coefficient (Wildman–Crippen LogP) is 3.00. The molecule has 1 aromatic rings. The maximum Gasteiger partial charge on any atom is 0.153 e. The van der Waals surface area contributed by atoms with Gasteiger partial charge in [-0.1, -0.05) is 34.1 Å². The number of carbonyl (C=O) groups is 1. The van der Waals surface area contributed by atoms with Crippen molar-refractivity contribution in [1.29, 1.82) is 0 Å². The number of hydrogen-bond donors (Lipinski definition) is 1. The first-order chi connectivity index (χ1) is 6.77. The van der Waals surface area contributed by atoms with Crippen molar-refractivity contribution in [2.75, 3.05) is 5.33 Å². The summed E-state index contributed by atoms with van der Waals surface area (Å²) in [5.41, 5.74) is 1.25. The van der Waals surface area contributed by atoms with E-state index in [9.17, 15) is 9.90 Å². The Morgan fingerprint density at radius 2 is 2.21 bits per heavy atom. The zero-order valence-corrected chi connectivity index (χ0v) is 9.20. The molecule has 3 heteroatoms. The number of phenolic OH excluding ortho intramolecular Hbond substituents is 1. The van der Waals surface area contributed by atoms with Crippen molar-refractivity contribution in [3.63, 3.8) is 0 Å². The quantitative estimate of drug-likeness (QED) is 0.663. The van der Waals surface area contributed by atoms with E-state index in [1.165, 1.54) is 6.07 Å². The zero-order valence-electron chi connectivity index (χ0n) is 7.61. The number of phenols is 1. The van der Waals surface area contributed by atoms with E-state index in [0.29, 0.717) is 11.8 Å². The maximum atomic E-state index is 10.5. The Bertz CT molecular complexity index is 345. The minimum atomic E-state index is 0.0256. The molecule has 0 fully saturated rings. The Morgan fingerprint density at radius 3 is 2.86 bits per heavy atom. The fourth-order valence-electron chi connectivity index (χ4n) is 1.05. The van der Waals surface area contributed by atoms with Crippen LogP contribution >= 0.6 is 15.9 Å². The normalized spacial score (nSPS) is 10.6. The summed E-state index contributed by atoms with van der Waals surface area (Å²) in [5, 5.41) is 10.2. The molecule has 0 aromatic heterocycles. The molecule has 0 aliphatic rings. The first-order valence-electron chi connectivity index (χ1n) is 4.28. The molecule has 0 aliphatic carbocycles. The van der Waals surface area contributed by atoms with Gasteiger partial charge in [-0.2, -0.15) is 0 Å². The smallest absolute Gasteiger partial charge is 0.153 e. The molecule has 1 aromatic carbocycles. The van der Waals surface area contributed by atoms with Crippen molar-refractivity contribution in [3.8, 4) is 5.75 Å². The second-order valence-corrected chi connectivity index (χ2v) is 3.61. The minimum absolute atomic E-state index is 0.0256. The van der Waals surface area contributed by atoms with Gasteiger partial charge in [-0.3, -0.25) is 4.79 Å². The molecule has 0 saturated carbocycles. The van der Waals surface area contributed by atoms with Gasteiger partial charge < -0.3 is 5.11 Å². The van der Waals surface area contributed by atoms with Crippen molar-refractivity contribution < 1.29 is 9.90 Å². The molecule has 0 heterocycles. The number of carbonyl (C=O) groups excluding carboxylic acids is 1. The average Bonchev–Trinajstić information content (AvgIpc) is 2.21. The number of allylic oxidation sites excluding steroid dienone is 1. The Labute approximate surface area is 91.4 Å². The van der Waals surface area contributed by atoms with Gasteiger partial charge in [0, 0.05) is 5.33 Å². The predicted molar refractivity (Wildman–Crippen MR) is 60.9 cm³/mol. The molecule has 0 radical (unpaired) electrons. The molecule has 0 spiro atoms. The molecule has 1 N–H and O–H groups in total. The maximum absolute atomic E-state index is 10.5. The first kappa shape index (κ1) is 11.0. The lowest BCUT2D eigenvalue weighted by molar-refractivity contribution is 0.112. The van der Waals surface area contributed by atoms with Gasteiger partial charge in [-0.15, -0.1) is 0 Å². The topological polar surface area (TPSA) is 37.3 Å². The standard InChI is InChI=1S/C11H11BrO2/c12-6-2-1-3-9-4-5-11(14)10(7-9)8-13/h1,3-5,7-8,14H,2,6H2. The molecule has 74 valence electrons. The highest BCUT2D eigenvalue weighted by Crippen LogP contribution is 2.17. The fraction of sp³-hybridized carbons (Fsp3) is 0.182. The van der Waals surface area contributed by atoms with Crippen LogP contribution in [-0.2, 0) is 0 Å². The van der Waals surface area contributed by atoms with Crippen molar-refractivity contribution >= 4 is 28.3 Å². The SMILES string of the molecule is O=Cc1cc(C=CCCBr)ccc1O. The molecule has 0 bridgehead atoms. The number of rotatable bonds is 4. The molecular weight excluding hydrogens is 244 g/mol. The summed E-state index contributed by atoms with van der Waals surface area (Å²) in [4.78, 5) is 10.5. The van der Waals surface area contributed by atoms with Gasteiger partial charge >= 0.3 is 0 Å². The van der Waals surface area contributed by atoms with Crippen molar-refractivity contribution in [3.05, 3.63) is 35.4 Å². The molecule has 2 nitrogen and oxygen atoms in total. The van der Waals surface area contributed by atoms with Gasteiger partial charge in [0.25, 0.3) is 0 Å². The van der Waals surface area contributed by atoms with Gasteiger partial charge in [-0.25, -0.2) is 0 Å². The summed E-state index contributed by atoms with van der Waals surface area (Å²) in [7, 11) is 0. The summed E-state index contributed by atoms with van der Waals surface area (Å²) < 4.78 is 0. The van der Waals surface area contributed by atoms with Gasteiger partial charge in [-0.05, 0) is 24.1 Å². The van der Waals surface area contributed by atoms with Crippen LogP contribution in [0.15, 0.2) is 24.3 Å². The number of aldehydes is 1. The highest BCUT2D eigenvalue weighted by molar-refractivity contribution is 9.09. The Kier molecular flexibility index (Phi) is 4.40.